The number of ether oxygens (including phenoxy) is 1. The zero-order valence-corrected chi connectivity index (χ0v) is 14.8. The van der Waals surface area contributed by atoms with Gasteiger partial charge in [0.1, 0.15) is 5.75 Å². The number of nitrogens with two attached hydrogens (primary N) is 1. The Morgan fingerprint density at radius 1 is 1.36 bits per heavy atom. The van der Waals surface area contributed by atoms with Crippen molar-refractivity contribution < 1.29 is 9.53 Å². The number of carbonyl (C=O) groups is 1. The van der Waals surface area contributed by atoms with Crippen LogP contribution >= 0.6 is 28.3 Å². The summed E-state index contributed by atoms with van der Waals surface area (Å²) in [5.74, 6) is 2.11. The highest BCUT2D eigenvalue weighted by molar-refractivity contribution is 9.10. The van der Waals surface area contributed by atoms with Crippen molar-refractivity contribution in [3.63, 3.8) is 0 Å². The summed E-state index contributed by atoms with van der Waals surface area (Å²) >= 11 is 3.40. The van der Waals surface area contributed by atoms with Gasteiger partial charge in [0.05, 0.1) is 13.0 Å². The van der Waals surface area contributed by atoms with Crippen molar-refractivity contribution in [1.29, 1.82) is 0 Å². The molecule has 1 heterocycles. The summed E-state index contributed by atoms with van der Waals surface area (Å²) in [6.45, 7) is 2.14. The van der Waals surface area contributed by atoms with Gasteiger partial charge in [0, 0.05) is 23.6 Å². The van der Waals surface area contributed by atoms with E-state index in [4.69, 9.17) is 10.5 Å². The van der Waals surface area contributed by atoms with Crippen molar-refractivity contribution in [3.05, 3.63) is 28.7 Å². The van der Waals surface area contributed by atoms with Crippen LogP contribution < -0.4 is 10.5 Å². The molecular weight excluding hydrogens is 368 g/mol. The molecule has 1 saturated heterocycles. The third-order valence-corrected chi connectivity index (χ3v) is 5.14. The second-order valence-electron chi connectivity index (χ2n) is 6.02. The molecule has 4 nitrogen and oxygen atoms in total. The Bertz CT molecular complexity index is 529. The first-order valence-corrected chi connectivity index (χ1v) is 8.34. The number of hydrogen-bond donors (Lipinski definition) is 1. The van der Waals surface area contributed by atoms with Gasteiger partial charge in [0.25, 0.3) is 0 Å². The topological polar surface area (TPSA) is 55.6 Å². The zero-order valence-electron chi connectivity index (χ0n) is 12.4. The fraction of sp³-hybridized carbons (Fsp3) is 0.562. The SMILES string of the molecule is Cl.NC1CCC2CN(C(=O)CCOc3cccc(Br)c3)CC12. The third-order valence-electron chi connectivity index (χ3n) is 4.65. The number of amides is 1. The number of nitrogens with zero attached hydrogens (tertiary/aromatic N) is 1. The number of benzene rings is 1. The minimum Gasteiger partial charge on any atom is -0.493 e. The summed E-state index contributed by atoms with van der Waals surface area (Å²) in [4.78, 5) is 14.2. The summed E-state index contributed by atoms with van der Waals surface area (Å²) in [6, 6.07) is 7.96. The van der Waals surface area contributed by atoms with E-state index >= 15 is 0 Å². The molecule has 1 amide bonds. The molecule has 122 valence electrons. The second-order valence-corrected chi connectivity index (χ2v) is 6.94. The number of carbonyl (C=O) groups excluding carboxylic acids is 1. The van der Waals surface area contributed by atoms with Gasteiger partial charge in [-0.3, -0.25) is 4.79 Å². The maximum atomic E-state index is 12.2. The molecule has 0 spiro atoms. The Balaban J connectivity index is 0.00000176. The summed E-state index contributed by atoms with van der Waals surface area (Å²) in [7, 11) is 0. The van der Waals surface area contributed by atoms with Crippen LogP contribution in [0.15, 0.2) is 28.7 Å². The van der Waals surface area contributed by atoms with Crippen molar-refractivity contribution in [2.45, 2.75) is 25.3 Å². The highest BCUT2D eigenvalue weighted by Crippen LogP contribution is 2.37. The predicted octanol–water partition coefficient (Wildman–Crippen LogP) is 2.84. The van der Waals surface area contributed by atoms with E-state index in [-0.39, 0.29) is 24.4 Å². The summed E-state index contributed by atoms with van der Waals surface area (Å²) in [5, 5.41) is 0. The van der Waals surface area contributed by atoms with Crippen LogP contribution in [-0.4, -0.2) is 36.5 Å². The number of halogens is 2. The molecule has 6 heteroatoms. The van der Waals surface area contributed by atoms with E-state index in [1.807, 2.05) is 29.2 Å². The Hall–Kier alpha value is -0.780. The fourth-order valence-corrected chi connectivity index (χ4v) is 3.86. The van der Waals surface area contributed by atoms with E-state index < -0.39 is 0 Å². The standard InChI is InChI=1S/C16H21BrN2O2.ClH/c17-12-2-1-3-13(8-12)21-7-6-16(20)19-9-11-4-5-15(18)14(11)10-19;/h1-3,8,11,14-15H,4-7,9-10,18H2;1H. The number of hydrogen-bond acceptors (Lipinski definition) is 3. The first-order valence-electron chi connectivity index (χ1n) is 7.55. The smallest absolute Gasteiger partial charge is 0.226 e. The van der Waals surface area contributed by atoms with Gasteiger partial charge in [-0.25, -0.2) is 0 Å². The lowest BCUT2D eigenvalue weighted by Crippen LogP contribution is -2.34. The van der Waals surface area contributed by atoms with Crippen LogP contribution in [0.3, 0.4) is 0 Å². The van der Waals surface area contributed by atoms with Crippen LogP contribution in [-0.2, 0) is 4.79 Å². The highest BCUT2D eigenvalue weighted by atomic mass is 79.9. The molecule has 0 radical (unpaired) electrons. The number of rotatable bonds is 4. The van der Waals surface area contributed by atoms with Gasteiger partial charge in [-0.05, 0) is 42.9 Å². The Labute approximate surface area is 145 Å². The fourth-order valence-electron chi connectivity index (χ4n) is 3.48. The summed E-state index contributed by atoms with van der Waals surface area (Å²) < 4.78 is 6.61. The van der Waals surface area contributed by atoms with Gasteiger partial charge in [0.2, 0.25) is 5.91 Å². The van der Waals surface area contributed by atoms with Gasteiger partial charge in [-0.2, -0.15) is 0 Å². The third kappa shape index (κ3) is 3.94. The molecular formula is C16H22BrClN2O2. The van der Waals surface area contributed by atoms with Gasteiger partial charge in [-0.15, -0.1) is 12.4 Å². The van der Waals surface area contributed by atoms with Crippen LogP contribution in [0.4, 0.5) is 0 Å². The lowest BCUT2D eigenvalue weighted by atomic mass is 9.98. The Morgan fingerprint density at radius 3 is 2.91 bits per heavy atom. The molecule has 22 heavy (non-hydrogen) atoms. The minimum absolute atomic E-state index is 0. The predicted molar refractivity (Wildman–Crippen MR) is 92.3 cm³/mol. The van der Waals surface area contributed by atoms with Crippen molar-refractivity contribution in [1.82, 2.24) is 4.90 Å². The van der Waals surface area contributed by atoms with Crippen molar-refractivity contribution in [3.8, 4) is 5.75 Å². The zero-order chi connectivity index (χ0) is 14.8. The molecule has 1 aromatic carbocycles. The molecule has 1 saturated carbocycles. The maximum absolute atomic E-state index is 12.2. The number of likely N-dealkylation sites (tertiary alicyclic amines) is 1. The molecule has 0 bridgehead atoms. The molecule has 1 aliphatic carbocycles. The normalized spacial score (nSPS) is 26.5. The van der Waals surface area contributed by atoms with E-state index in [0.717, 1.165) is 29.7 Å². The first kappa shape index (κ1) is 17.6. The summed E-state index contributed by atoms with van der Waals surface area (Å²) in [5.41, 5.74) is 6.11. The maximum Gasteiger partial charge on any atom is 0.226 e. The molecule has 3 rings (SSSR count). The van der Waals surface area contributed by atoms with Crippen molar-refractivity contribution in [2.24, 2.45) is 17.6 Å². The second kappa shape index (κ2) is 7.66. The first-order chi connectivity index (χ1) is 10.1. The van der Waals surface area contributed by atoms with Crippen LogP contribution in [0.5, 0.6) is 5.75 Å². The van der Waals surface area contributed by atoms with Gasteiger partial charge in [0.15, 0.2) is 0 Å². The molecule has 1 aromatic rings. The molecule has 1 aliphatic heterocycles. The molecule has 0 aromatic heterocycles. The van der Waals surface area contributed by atoms with Gasteiger partial charge >= 0.3 is 0 Å². The van der Waals surface area contributed by atoms with Gasteiger partial charge in [-0.1, -0.05) is 22.0 Å². The van der Waals surface area contributed by atoms with Gasteiger partial charge < -0.3 is 15.4 Å². The van der Waals surface area contributed by atoms with Crippen LogP contribution in [0, 0.1) is 11.8 Å². The molecule has 2 fully saturated rings. The lowest BCUT2D eigenvalue weighted by Gasteiger charge is -2.18. The highest BCUT2D eigenvalue weighted by Gasteiger charge is 2.42. The minimum atomic E-state index is 0. The molecule has 3 atom stereocenters. The Kier molecular flexibility index (Phi) is 6.12. The van der Waals surface area contributed by atoms with E-state index in [9.17, 15) is 4.79 Å². The van der Waals surface area contributed by atoms with Crippen molar-refractivity contribution >= 4 is 34.2 Å². The van der Waals surface area contributed by atoms with E-state index in [0.29, 0.717) is 24.9 Å². The Morgan fingerprint density at radius 2 is 2.18 bits per heavy atom. The van der Waals surface area contributed by atoms with Crippen LogP contribution in [0.1, 0.15) is 19.3 Å². The van der Waals surface area contributed by atoms with Crippen LogP contribution in [0.2, 0.25) is 0 Å². The quantitative estimate of drug-likeness (QED) is 0.861. The average molecular weight is 390 g/mol. The average Bonchev–Trinajstić information content (AvgIpc) is 3.02. The largest absolute Gasteiger partial charge is 0.493 e. The monoisotopic (exact) mass is 388 g/mol. The summed E-state index contributed by atoms with van der Waals surface area (Å²) in [6.07, 6.45) is 2.72. The van der Waals surface area contributed by atoms with E-state index in [1.54, 1.807) is 0 Å². The number of fused-ring (bicyclic) bond motifs is 1. The molecule has 2 aliphatic rings. The molecule has 3 unspecified atom stereocenters. The molecule has 2 N–H and O–H groups in total. The lowest BCUT2D eigenvalue weighted by molar-refractivity contribution is -0.131. The van der Waals surface area contributed by atoms with Crippen molar-refractivity contribution in [2.75, 3.05) is 19.7 Å². The van der Waals surface area contributed by atoms with E-state index in [1.165, 1.54) is 6.42 Å². The van der Waals surface area contributed by atoms with Crippen LogP contribution in [0.25, 0.3) is 0 Å². The van der Waals surface area contributed by atoms with E-state index in [2.05, 4.69) is 15.9 Å².